The minimum Gasteiger partial charge on any atom is -0.353 e. The van der Waals surface area contributed by atoms with Crippen LogP contribution >= 0.6 is 15.9 Å². The maximum Gasteiger partial charge on any atom is 0.251 e. The number of carbonyl (C=O) groups excluding carboxylic acids is 1. The predicted molar refractivity (Wildman–Crippen MR) is 74.3 cm³/mol. The summed E-state index contributed by atoms with van der Waals surface area (Å²) in [4.78, 5) is 23.9. The fourth-order valence-electron chi connectivity index (χ4n) is 1.74. The number of halogens is 1. The molecule has 1 heterocycles. The summed E-state index contributed by atoms with van der Waals surface area (Å²) in [5, 5.41) is 2.72. The molecule has 0 aliphatic rings. The lowest BCUT2D eigenvalue weighted by Gasteiger charge is -2.22. The van der Waals surface area contributed by atoms with E-state index in [9.17, 15) is 9.59 Å². The van der Waals surface area contributed by atoms with Crippen LogP contribution in [-0.2, 0) is 4.79 Å². The topological polar surface area (TPSA) is 77.1 Å². The summed E-state index contributed by atoms with van der Waals surface area (Å²) in [7, 11) is 0. The van der Waals surface area contributed by atoms with Crippen LogP contribution in [0.1, 0.15) is 19.9 Å². The number of nitrogens with two attached hydrogens (primary N) is 1. The highest BCUT2D eigenvalue weighted by Gasteiger charge is 2.24. The third kappa shape index (κ3) is 3.68. The van der Waals surface area contributed by atoms with Gasteiger partial charge in [0, 0.05) is 29.8 Å². The quantitative estimate of drug-likeness (QED) is 0.847. The Morgan fingerprint density at radius 3 is 2.72 bits per heavy atom. The molecule has 1 aromatic heterocycles. The summed E-state index contributed by atoms with van der Waals surface area (Å²) in [5.74, 6) is -0.176. The van der Waals surface area contributed by atoms with E-state index in [4.69, 9.17) is 5.73 Å². The minimum atomic E-state index is -0.526. The number of nitrogens with one attached hydrogen (secondary N) is 1. The molecule has 0 aromatic carbocycles. The zero-order valence-electron chi connectivity index (χ0n) is 10.5. The van der Waals surface area contributed by atoms with Crippen molar-refractivity contribution in [1.82, 2.24) is 9.88 Å². The first-order valence-electron chi connectivity index (χ1n) is 5.83. The Morgan fingerprint density at radius 2 is 2.17 bits per heavy atom. The molecule has 1 amide bonds. The van der Waals surface area contributed by atoms with Gasteiger partial charge in [-0.2, -0.15) is 0 Å². The molecule has 6 heteroatoms. The standard InChI is InChI=1S/C12H18BrN3O2/c1-8(2)11(12(18)15-6-5-14)16-7-9(13)3-4-10(16)17/h3-4,7-8,11H,5-6,14H2,1-2H3,(H,15,18). The van der Waals surface area contributed by atoms with Crippen LogP contribution in [0.25, 0.3) is 0 Å². The van der Waals surface area contributed by atoms with Crippen molar-refractivity contribution < 1.29 is 4.79 Å². The van der Waals surface area contributed by atoms with Gasteiger partial charge in [0.15, 0.2) is 0 Å². The largest absolute Gasteiger partial charge is 0.353 e. The second kappa shape index (κ2) is 6.70. The highest BCUT2D eigenvalue weighted by atomic mass is 79.9. The minimum absolute atomic E-state index is 0.00905. The second-order valence-corrected chi connectivity index (χ2v) is 5.28. The lowest BCUT2D eigenvalue weighted by atomic mass is 10.0. The molecule has 1 aromatic rings. The third-order valence-corrected chi connectivity index (χ3v) is 3.01. The Kier molecular flexibility index (Phi) is 5.55. The van der Waals surface area contributed by atoms with Gasteiger partial charge in [-0.3, -0.25) is 9.59 Å². The Morgan fingerprint density at radius 1 is 1.50 bits per heavy atom. The first kappa shape index (κ1) is 14.9. The van der Waals surface area contributed by atoms with E-state index < -0.39 is 6.04 Å². The van der Waals surface area contributed by atoms with Gasteiger partial charge in [-0.1, -0.05) is 13.8 Å². The number of hydrogen-bond donors (Lipinski definition) is 2. The average molecular weight is 316 g/mol. The summed E-state index contributed by atoms with van der Waals surface area (Å²) >= 11 is 3.30. The monoisotopic (exact) mass is 315 g/mol. The van der Waals surface area contributed by atoms with Crippen LogP contribution in [0, 0.1) is 5.92 Å². The van der Waals surface area contributed by atoms with E-state index in [1.807, 2.05) is 13.8 Å². The van der Waals surface area contributed by atoms with E-state index in [0.717, 1.165) is 4.47 Å². The summed E-state index contributed by atoms with van der Waals surface area (Å²) < 4.78 is 2.21. The second-order valence-electron chi connectivity index (χ2n) is 4.36. The van der Waals surface area contributed by atoms with Crippen molar-refractivity contribution >= 4 is 21.8 Å². The molecule has 0 aliphatic heterocycles. The molecule has 0 saturated heterocycles. The van der Waals surface area contributed by atoms with Crippen LogP contribution in [0.15, 0.2) is 27.6 Å². The van der Waals surface area contributed by atoms with E-state index >= 15 is 0 Å². The van der Waals surface area contributed by atoms with Gasteiger partial charge in [-0.25, -0.2) is 0 Å². The third-order valence-electron chi connectivity index (χ3n) is 2.55. The fraction of sp³-hybridized carbons (Fsp3) is 0.500. The van der Waals surface area contributed by atoms with Gasteiger partial charge in [-0.15, -0.1) is 0 Å². The smallest absolute Gasteiger partial charge is 0.251 e. The van der Waals surface area contributed by atoms with Crippen LogP contribution in [0.4, 0.5) is 0 Å². The van der Waals surface area contributed by atoms with Crippen LogP contribution in [0.3, 0.4) is 0 Å². The Hall–Kier alpha value is -1.14. The maximum atomic E-state index is 12.1. The van der Waals surface area contributed by atoms with E-state index in [0.29, 0.717) is 13.1 Å². The van der Waals surface area contributed by atoms with Gasteiger partial charge in [0.05, 0.1) is 0 Å². The van der Waals surface area contributed by atoms with Crippen LogP contribution in [-0.4, -0.2) is 23.6 Å². The molecule has 5 nitrogen and oxygen atoms in total. The number of carbonyl (C=O) groups is 1. The summed E-state index contributed by atoms with van der Waals surface area (Å²) in [6.45, 7) is 4.59. The molecule has 0 fully saturated rings. The van der Waals surface area contributed by atoms with Gasteiger partial charge < -0.3 is 15.6 Å². The Balaban J connectivity index is 3.08. The number of hydrogen-bond acceptors (Lipinski definition) is 3. The summed E-state index contributed by atoms with van der Waals surface area (Å²) in [6, 6.07) is 2.57. The molecule has 100 valence electrons. The molecule has 0 spiro atoms. The van der Waals surface area contributed by atoms with Crippen molar-refractivity contribution in [2.45, 2.75) is 19.9 Å². The molecular formula is C12H18BrN3O2. The van der Waals surface area contributed by atoms with Crippen molar-refractivity contribution in [1.29, 1.82) is 0 Å². The van der Waals surface area contributed by atoms with Gasteiger partial charge in [0.2, 0.25) is 5.91 Å². The Bertz CT molecular complexity index is 471. The normalized spacial score (nSPS) is 12.5. The molecule has 0 saturated carbocycles. The zero-order chi connectivity index (χ0) is 13.7. The average Bonchev–Trinajstić information content (AvgIpc) is 2.30. The van der Waals surface area contributed by atoms with E-state index in [2.05, 4.69) is 21.2 Å². The molecule has 1 rings (SSSR count). The summed E-state index contributed by atoms with van der Waals surface area (Å²) in [5.41, 5.74) is 5.16. The van der Waals surface area contributed by atoms with Crippen molar-refractivity contribution in [3.63, 3.8) is 0 Å². The lowest BCUT2D eigenvalue weighted by Crippen LogP contribution is -2.41. The van der Waals surface area contributed by atoms with Crippen LogP contribution < -0.4 is 16.6 Å². The van der Waals surface area contributed by atoms with E-state index in [1.54, 1.807) is 12.3 Å². The highest BCUT2D eigenvalue weighted by molar-refractivity contribution is 9.10. The molecule has 18 heavy (non-hydrogen) atoms. The van der Waals surface area contributed by atoms with Crippen LogP contribution in [0.5, 0.6) is 0 Å². The fourth-order valence-corrected chi connectivity index (χ4v) is 2.10. The Labute approximate surface area is 114 Å². The van der Waals surface area contributed by atoms with Crippen molar-refractivity contribution in [3.8, 4) is 0 Å². The molecule has 0 bridgehead atoms. The number of aromatic nitrogens is 1. The van der Waals surface area contributed by atoms with E-state index in [1.165, 1.54) is 10.6 Å². The van der Waals surface area contributed by atoms with Gasteiger partial charge in [-0.05, 0) is 27.9 Å². The zero-order valence-corrected chi connectivity index (χ0v) is 12.1. The van der Waals surface area contributed by atoms with Crippen molar-refractivity contribution in [2.24, 2.45) is 11.7 Å². The van der Waals surface area contributed by atoms with Crippen molar-refractivity contribution in [3.05, 3.63) is 33.2 Å². The predicted octanol–water partition coefficient (Wildman–Crippen LogP) is 0.883. The van der Waals surface area contributed by atoms with Gasteiger partial charge in [0.1, 0.15) is 6.04 Å². The molecular weight excluding hydrogens is 298 g/mol. The molecule has 3 N–H and O–H groups in total. The number of pyridine rings is 1. The highest BCUT2D eigenvalue weighted by Crippen LogP contribution is 2.18. The first-order valence-corrected chi connectivity index (χ1v) is 6.62. The molecule has 1 unspecified atom stereocenters. The van der Waals surface area contributed by atoms with Gasteiger partial charge in [0.25, 0.3) is 5.56 Å². The van der Waals surface area contributed by atoms with E-state index in [-0.39, 0.29) is 17.4 Å². The SMILES string of the molecule is CC(C)C(C(=O)NCCN)n1cc(Br)ccc1=O. The maximum absolute atomic E-state index is 12.1. The molecule has 0 radical (unpaired) electrons. The first-order chi connectivity index (χ1) is 8.47. The lowest BCUT2D eigenvalue weighted by molar-refractivity contribution is -0.125. The molecule has 0 aliphatic carbocycles. The summed E-state index contributed by atoms with van der Waals surface area (Å²) in [6.07, 6.45) is 1.63. The molecule has 1 atom stereocenters. The van der Waals surface area contributed by atoms with Gasteiger partial charge >= 0.3 is 0 Å². The van der Waals surface area contributed by atoms with Crippen LogP contribution in [0.2, 0.25) is 0 Å². The number of amides is 1. The number of nitrogens with zero attached hydrogens (tertiary/aromatic N) is 1. The number of rotatable bonds is 5. The van der Waals surface area contributed by atoms with Crippen molar-refractivity contribution in [2.75, 3.05) is 13.1 Å².